The zero-order chi connectivity index (χ0) is 23.3. The number of carbonyl (C=O) groups excluding carboxylic acids is 1. The van der Waals surface area contributed by atoms with Gasteiger partial charge in [-0.3, -0.25) is 0 Å². The van der Waals surface area contributed by atoms with Crippen molar-refractivity contribution < 1.29 is 9.53 Å². The van der Waals surface area contributed by atoms with Crippen LogP contribution in [-0.2, 0) is 9.53 Å². The highest BCUT2D eigenvalue weighted by atomic mass is 16.5. The number of nitrogens with one attached hydrogen (secondary N) is 1. The standard InChI is InChI=1S/C28H34N2O2/c1-19(2)27(29-24-14-10-20(3)11-15-24)28(31)32-22(5)23-8-7-9-26(18-23)30(6)25-16-12-21(4)13-17-25/h7-19,22,27,29H,1-6H3. The normalized spacial score (nSPS) is 12.8. The first-order chi connectivity index (χ1) is 15.2. The highest BCUT2D eigenvalue weighted by molar-refractivity contribution is 5.80. The summed E-state index contributed by atoms with van der Waals surface area (Å²) in [6.07, 6.45) is -0.352. The SMILES string of the molecule is Cc1ccc(NC(C(=O)OC(C)c2cccc(N(C)c3ccc(C)cc3)c2)C(C)C)cc1. The van der Waals surface area contributed by atoms with Gasteiger partial charge in [-0.05, 0) is 68.7 Å². The van der Waals surface area contributed by atoms with Gasteiger partial charge in [0, 0.05) is 24.1 Å². The average Bonchev–Trinajstić information content (AvgIpc) is 2.78. The van der Waals surface area contributed by atoms with Gasteiger partial charge in [0.2, 0.25) is 0 Å². The van der Waals surface area contributed by atoms with Crippen LogP contribution in [0.4, 0.5) is 17.1 Å². The van der Waals surface area contributed by atoms with Crippen molar-refractivity contribution in [2.45, 2.75) is 46.8 Å². The van der Waals surface area contributed by atoms with Crippen molar-refractivity contribution >= 4 is 23.0 Å². The summed E-state index contributed by atoms with van der Waals surface area (Å²) in [5, 5.41) is 3.34. The molecule has 0 bridgehead atoms. The Balaban J connectivity index is 1.71. The molecule has 3 rings (SSSR count). The molecule has 4 heteroatoms. The number of carbonyl (C=O) groups is 1. The van der Waals surface area contributed by atoms with Gasteiger partial charge in [-0.1, -0.05) is 61.4 Å². The molecule has 3 aromatic carbocycles. The maximum absolute atomic E-state index is 13.0. The number of ether oxygens (including phenoxy) is 1. The van der Waals surface area contributed by atoms with Crippen molar-refractivity contribution in [1.29, 1.82) is 0 Å². The number of nitrogens with zero attached hydrogens (tertiary/aromatic N) is 1. The molecular formula is C28H34N2O2. The van der Waals surface area contributed by atoms with Crippen LogP contribution in [0.15, 0.2) is 72.8 Å². The number of esters is 1. The van der Waals surface area contributed by atoms with Gasteiger partial charge in [0.1, 0.15) is 12.1 Å². The van der Waals surface area contributed by atoms with E-state index in [-0.39, 0.29) is 18.0 Å². The molecule has 32 heavy (non-hydrogen) atoms. The molecule has 0 aromatic heterocycles. The number of hydrogen-bond donors (Lipinski definition) is 1. The monoisotopic (exact) mass is 430 g/mol. The van der Waals surface area contributed by atoms with E-state index < -0.39 is 6.04 Å². The minimum absolute atomic E-state index is 0.0926. The summed E-state index contributed by atoms with van der Waals surface area (Å²) in [5.41, 5.74) is 6.46. The lowest BCUT2D eigenvalue weighted by Gasteiger charge is -2.25. The van der Waals surface area contributed by atoms with Crippen LogP contribution >= 0.6 is 0 Å². The first-order valence-corrected chi connectivity index (χ1v) is 11.2. The fourth-order valence-electron chi connectivity index (χ4n) is 3.55. The predicted octanol–water partition coefficient (Wildman–Crippen LogP) is 6.81. The quantitative estimate of drug-likeness (QED) is 0.399. The molecule has 0 saturated heterocycles. The molecule has 0 spiro atoms. The molecule has 0 radical (unpaired) electrons. The second kappa shape index (κ2) is 10.4. The Morgan fingerprint density at radius 1 is 0.844 bits per heavy atom. The van der Waals surface area contributed by atoms with Crippen molar-refractivity contribution in [2.24, 2.45) is 5.92 Å². The van der Waals surface area contributed by atoms with Crippen molar-refractivity contribution in [3.8, 4) is 0 Å². The molecule has 0 amide bonds. The van der Waals surface area contributed by atoms with Gasteiger partial charge >= 0.3 is 5.97 Å². The topological polar surface area (TPSA) is 41.6 Å². The molecule has 1 N–H and O–H groups in total. The molecule has 0 fully saturated rings. The van der Waals surface area contributed by atoms with E-state index in [1.807, 2.05) is 71.1 Å². The van der Waals surface area contributed by atoms with Crippen LogP contribution in [0.5, 0.6) is 0 Å². The summed E-state index contributed by atoms with van der Waals surface area (Å²) in [4.78, 5) is 15.1. The summed E-state index contributed by atoms with van der Waals surface area (Å²) >= 11 is 0. The Bertz CT molecular complexity index is 1030. The second-order valence-corrected chi connectivity index (χ2v) is 8.80. The van der Waals surface area contributed by atoms with Crippen LogP contribution in [-0.4, -0.2) is 19.1 Å². The van der Waals surface area contributed by atoms with E-state index >= 15 is 0 Å². The fourth-order valence-corrected chi connectivity index (χ4v) is 3.55. The van der Waals surface area contributed by atoms with E-state index in [4.69, 9.17) is 4.74 Å². The maximum Gasteiger partial charge on any atom is 0.329 e. The van der Waals surface area contributed by atoms with E-state index in [1.54, 1.807) is 0 Å². The lowest BCUT2D eigenvalue weighted by molar-refractivity contribution is -0.150. The fraction of sp³-hybridized carbons (Fsp3) is 0.321. The van der Waals surface area contributed by atoms with Gasteiger partial charge in [-0.2, -0.15) is 0 Å². The number of rotatable bonds is 8. The molecule has 2 atom stereocenters. The highest BCUT2D eigenvalue weighted by Crippen LogP contribution is 2.28. The van der Waals surface area contributed by atoms with Crippen LogP contribution in [0.3, 0.4) is 0 Å². The molecule has 3 aromatic rings. The lowest BCUT2D eigenvalue weighted by atomic mass is 10.0. The van der Waals surface area contributed by atoms with Gasteiger partial charge < -0.3 is 15.0 Å². The number of benzene rings is 3. The zero-order valence-corrected chi connectivity index (χ0v) is 19.9. The van der Waals surface area contributed by atoms with Crippen LogP contribution in [0.25, 0.3) is 0 Å². The first-order valence-electron chi connectivity index (χ1n) is 11.2. The van der Waals surface area contributed by atoms with E-state index in [0.717, 1.165) is 22.6 Å². The third-order valence-electron chi connectivity index (χ3n) is 5.74. The van der Waals surface area contributed by atoms with Crippen molar-refractivity contribution in [3.63, 3.8) is 0 Å². The predicted molar refractivity (Wildman–Crippen MR) is 134 cm³/mol. The Kier molecular flexibility index (Phi) is 7.57. The Hall–Kier alpha value is -3.27. The average molecular weight is 431 g/mol. The molecular weight excluding hydrogens is 396 g/mol. The van der Waals surface area contributed by atoms with Crippen LogP contribution in [0.2, 0.25) is 0 Å². The molecule has 0 aliphatic rings. The summed E-state index contributed by atoms with van der Waals surface area (Å²) in [5.74, 6) is -0.152. The third-order valence-corrected chi connectivity index (χ3v) is 5.74. The minimum Gasteiger partial charge on any atom is -0.456 e. The number of anilines is 3. The number of aryl methyl sites for hydroxylation is 2. The summed E-state index contributed by atoms with van der Waals surface area (Å²) < 4.78 is 5.89. The van der Waals surface area contributed by atoms with Gasteiger partial charge in [0.05, 0.1) is 0 Å². The molecule has 2 unspecified atom stereocenters. The lowest BCUT2D eigenvalue weighted by Crippen LogP contribution is -2.36. The summed E-state index contributed by atoms with van der Waals surface area (Å²) in [6.45, 7) is 10.1. The Morgan fingerprint density at radius 3 is 2.03 bits per heavy atom. The van der Waals surface area contributed by atoms with Gasteiger partial charge in [-0.25, -0.2) is 4.79 Å². The van der Waals surface area contributed by atoms with E-state index in [0.29, 0.717) is 0 Å². The van der Waals surface area contributed by atoms with Gasteiger partial charge in [-0.15, -0.1) is 0 Å². The highest BCUT2D eigenvalue weighted by Gasteiger charge is 2.26. The minimum atomic E-state index is -0.418. The first kappa shape index (κ1) is 23.4. The molecule has 0 saturated carbocycles. The van der Waals surface area contributed by atoms with Crippen molar-refractivity contribution in [3.05, 3.63) is 89.5 Å². The van der Waals surface area contributed by atoms with Crippen molar-refractivity contribution in [2.75, 3.05) is 17.3 Å². The molecule has 0 aliphatic carbocycles. The second-order valence-electron chi connectivity index (χ2n) is 8.80. The zero-order valence-electron chi connectivity index (χ0n) is 19.9. The summed E-state index contributed by atoms with van der Waals surface area (Å²) in [7, 11) is 2.04. The van der Waals surface area contributed by atoms with Crippen LogP contribution < -0.4 is 10.2 Å². The van der Waals surface area contributed by atoms with E-state index in [1.165, 1.54) is 11.1 Å². The molecule has 4 nitrogen and oxygen atoms in total. The maximum atomic E-state index is 13.0. The number of hydrogen-bond acceptors (Lipinski definition) is 4. The van der Waals surface area contributed by atoms with Gasteiger partial charge in [0.25, 0.3) is 0 Å². The van der Waals surface area contributed by atoms with E-state index in [9.17, 15) is 4.79 Å². The molecule has 168 valence electrons. The smallest absolute Gasteiger partial charge is 0.329 e. The molecule has 0 heterocycles. The van der Waals surface area contributed by atoms with Crippen LogP contribution in [0.1, 0.15) is 43.6 Å². The Labute approximate surface area is 192 Å². The van der Waals surface area contributed by atoms with E-state index in [2.05, 4.69) is 53.5 Å². The van der Waals surface area contributed by atoms with Gasteiger partial charge in [0.15, 0.2) is 0 Å². The summed E-state index contributed by atoms with van der Waals surface area (Å²) in [6, 6.07) is 24.2. The Morgan fingerprint density at radius 2 is 1.44 bits per heavy atom. The largest absolute Gasteiger partial charge is 0.456 e. The molecule has 0 aliphatic heterocycles. The third kappa shape index (κ3) is 5.91. The van der Waals surface area contributed by atoms with Crippen molar-refractivity contribution in [1.82, 2.24) is 0 Å². The van der Waals surface area contributed by atoms with Crippen LogP contribution in [0, 0.1) is 19.8 Å².